The SMILES string of the molecule is CCCc1n[c]n2nccc2n1. The van der Waals surface area contributed by atoms with E-state index in [1.54, 1.807) is 10.7 Å². The van der Waals surface area contributed by atoms with Crippen LogP contribution >= 0.6 is 0 Å². The van der Waals surface area contributed by atoms with Gasteiger partial charge in [-0.05, 0) is 6.42 Å². The topological polar surface area (TPSA) is 43.1 Å². The van der Waals surface area contributed by atoms with Crippen LogP contribution < -0.4 is 0 Å². The smallest absolute Gasteiger partial charge is 0.202 e. The highest BCUT2D eigenvalue weighted by Gasteiger charge is 1.98. The summed E-state index contributed by atoms with van der Waals surface area (Å²) in [6.45, 7) is 2.10. The molecule has 0 unspecified atom stereocenters. The van der Waals surface area contributed by atoms with E-state index in [1.807, 2.05) is 6.07 Å². The normalized spacial score (nSPS) is 10.8. The zero-order chi connectivity index (χ0) is 8.39. The summed E-state index contributed by atoms with van der Waals surface area (Å²) in [5.74, 6) is 0.838. The van der Waals surface area contributed by atoms with Crippen molar-refractivity contribution < 1.29 is 0 Å². The van der Waals surface area contributed by atoms with Gasteiger partial charge in [-0.25, -0.2) is 9.97 Å². The van der Waals surface area contributed by atoms with Gasteiger partial charge in [0.05, 0.1) is 6.20 Å². The van der Waals surface area contributed by atoms with Crippen molar-refractivity contribution >= 4 is 5.65 Å². The van der Waals surface area contributed by atoms with Gasteiger partial charge in [0, 0.05) is 12.5 Å². The Morgan fingerprint density at radius 2 is 2.50 bits per heavy atom. The van der Waals surface area contributed by atoms with Gasteiger partial charge >= 0.3 is 0 Å². The molecule has 2 heterocycles. The molecular formula is C8H9N4. The number of hydrogen-bond donors (Lipinski definition) is 0. The van der Waals surface area contributed by atoms with Crippen LogP contribution in [0.2, 0.25) is 0 Å². The van der Waals surface area contributed by atoms with E-state index in [4.69, 9.17) is 0 Å². The molecule has 12 heavy (non-hydrogen) atoms. The van der Waals surface area contributed by atoms with Crippen LogP contribution in [-0.4, -0.2) is 19.6 Å². The van der Waals surface area contributed by atoms with E-state index in [9.17, 15) is 0 Å². The lowest BCUT2D eigenvalue weighted by molar-refractivity contribution is 0.789. The number of fused-ring (bicyclic) bond motifs is 1. The molecule has 0 N–H and O–H groups in total. The molecule has 0 atom stereocenters. The van der Waals surface area contributed by atoms with Gasteiger partial charge in [-0.3, -0.25) is 0 Å². The van der Waals surface area contributed by atoms with E-state index in [2.05, 4.69) is 28.3 Å². The minimum atomic E-state index is 0.813. The Labute approximate surface area is 70.3 Å². The summed E-state index contributed by atoms with van der Waals surface area (Å²) in [7, 11) is 0. The Balaban J connectivity index is 2.46. The van der Waals surface area contributed by atoms with Crippen molar-refractivity contribution in [2.24, 2.45) is 0 Å². The third-order valence-electron chi connectivity index (χ3n) is 1.61. The molecule has 0 aromatic carbocycles. The summed E-state index contributed by atoms with van der Waals surface area (Å²) in [4.78, 5) is 8.32. The minimum Gasteiger partial charge on any atom is -0.214 e. The fourth-order valence-corrected chi connectivity index (χ4v) is 1.06. The molecule has 0 aliphatic heterocycles. The van der Waals surface area contributed by atoms with Gasteiger partial charge < -0.3 is 0 Å². The Morgan fingerprint density at radius 3 is 3.33 bits per heavy atom. The molecule has 61 valence electrons. The summed E-state index contributed by atoms with van der Waals surface area (Å²) in [5, 5.41) is 3.96. The zero-order valence-corrected chi connectivity index (χ0v) is 6.86. The van der Waals surface area contributed by atoms with Crippen LogP contribution in [0.5, 0.6) is 0 Å². The van der Waals surface area contributed by atoms with Crippen molar-refractivity contribution in [2.75, 3.05) is 0 Å². The average Bonchev–Trinajstić information content (AvgIpc) is 2.51. The van der Waals surface area contributed by atoms with Crippen molar-refractivity contribution in [3.8, 4) is 0 Å². The molecule has 0 amide bonds. The quantitative estimate of drug-likeness (QED) is 0.656. The van der Waals surface area contributed by atoms with Crippen molar-refractivity contribution in [1.82, 2.24) is 19.6 Å². The van der Waals surface area contributed by atoms with Crippen molar-refractivity contribution in [2.45, 2.75) is 19.8 Å². The van der Waals surface area contributed by atoms with E-state index in [-0.39, 0.29) is 0 Å². The maximum Gasteiger partial charge on any atom is 0.202 e. The van der Waals surface area contributed by atoms with Crippen LogP contribution in [0.4, 0.5) is 0 Å². The van der Waals surface area contributed by atoms with Gasteiger partial charge in [0.1, 0.15) is 5.82 Å². The highest BCUT2D eigenvalue weighted by atomic mass is 15.3. The maximum absolute atomic E-state index is 4.28. The molecule has 0 aliphatic rings. The lowest BCUT2D eigenvalue weighted by Gasteiger charge is -1.95. The van der Waals surface area contributed by atoms with E-state index in [0.717, 1.165) is 24.3 Å². The molecule has 0 saturated carbocycles. The van der Waals surface area contributed by atoms with Crippen LogP contribution in [0, 0.1) is 6.33 Å². The second kappa shape index (κ2) is 2.89. The Hall–Kier alpha value is -1.45. The first-order valence-electron chi connectivity index (χ1n) is 3.98. The molecule has 0 fully saturated rings. The van der Waals surface area contributed by atoms with E-state index in [0.29, 0.717) is 0 Å². The van der Waals surface area contributed by atoms with Crippen LogP contribution in [0.15, 0.2) is 12.3 Å². The summed E-state index contributed by atoms with van der Waals surface area (Å²) >= 11 is 0. The first-order valence-corrected chi connectivity index (χ1v) is 3.98. The third-order valence-corrected chi connectivity index (χ3v) is 1.61. The molecule has 1 radical (unpaired) electrons. The van der Waals surface area contributed by atoms with Gasteiger partial charge in [-0.2, -0.15) is 9.61 Å². The molecule has 2 aromatic heterocycles. The Kier molecular flexibility index (Phi) is 1.74. The molecule has 4 heteroatoms. The van der Waals surface area contributed by atoms with Crippen LogP contribution in [-0.2, 0) is 6.42 Å². The fraction of sp³-hybridized carbons (Fsp3) is 0.375. The largest absolute Gasteiger partial charge is 0.214 e. The Morgan fingerprint density at radius 1 is 1.58 bits per heavy atom. The van der Waals surface area contributed by atoms with E-state index >= 15 is 0 Å². The third kappa shape index (κ3) is 1.15. The number of hydrogen-bond acceptors (Lipinski definition) is 3. The lowest BCUT2D eigenvalue weighted by Crippen LogP contribution is -1.99. The lowest BCUT2D eigenvalue weighted by atomic mass is 10.3. The number of aryl methyl sites for hydroxylation is 1. The number of rotatable bonds is 2. The van der Waals surface area contributed by atoms with Gasteiger partial charge in [0.25, 0.3) is 0 Å². The summed E-state index contributed by atoms with van der Waals surface area (Å²) < 4.78 is 1.54. The molecule has 0 bridgehead atoms. The standard InChI is InChI=1S/C8H9N4/c1-2-3-7-9-6-12-8(11-7)4-5-10-12/h4-5H,2-3H2,1H3. The fourth-order valence-electron chi connectivity index (χ4n) is 1.06. The molecule has 0 spiro atoms. The highest BCUT2D eigenvalue weighted by molar-refractivity contribution is 5.34. The first-order chi connectivity index (χ1) is 5.90. The minimum absolute atomic E-state index is 0.813. The predicted molar refractivity (Wildman–Crippen MR) is 43.6 cm³/mol. The zero-order valence-electron chi connectivity index (χ0n) is 6.86. The van der Waals surface area contributed by atoms with Crippen molar-refractivity contribution in [3.63, 3.8) is 0 Å². The molecule has 0 aliphatic carbocycles. The Bertz CT molecular complexity index is 379. The van der Waals surface area contributed by atoms with E-state index in [1.165, 1.54) is 0 Å². The highest BCUT2D eigenvalue weighted by Crippen LogP contribution is 1.98. The second-order valence-corrected chi connectivity index (χ2v) is 2.59. The number of aromatic nitrogens is 4. The molecule has 0 saturated heterocycles. The summed E-state index contributed by atoms with van der Waals surface area (Å²) in [5.41, 5.74) is 0.813. The average molecular weight is 161 g/mol. The molecule has 4 nitrogen and oxygen atoms in total. The van der Waals surface area contributed by atoms with Crippen molar-refractivity contribution in [3.05, 3.63) is 24.4 Å². The first kappa shape index (κ1) is 7.21. The van der Waals surface area contributed by atoms with Gasteiger partial charge in [-0.1, -0.05) is 6.92 Å². The van der Waals surface area contributed by atoms with Gasteiger partial charge in [0.2, 0.25) is 6.33 Å². The van der Waals surface area contributed by atoms with Crippen LogP contribution in [0.1, 0.15) is 19.2 Å². The maximum atomic E-state index is 4.28. The molecular weight excluding hydrogens is 152 g/mol. The van der Waals surface area contributed by atoms with Gasteiger partial charge in [-0.15, -0.1) is 0 Å². The predicted octanol–water partition coefficient (Wildman–Crippen LogP) is 0.877. The van der Waals surface area contributed by atoms with E-state index < -0.39 is 0 Å². The van der Waals surface area contributed by atoms with Gasteiger partial charge in [0.15, 0.2) is 5.65 Å². The summed E-state index contributed by atoms with van der Waals surface area (Å²) in [6.07, 6.45) is 6.42. The molecule has 2 aromatic rings. The number of nitrogens with zero attached hydrogens (tertiary/aromatic N) is 4. The van der Waals surface area contributed by atoms with Crippen LogP contribution in [0.25, 0.3) is 5.65 Å². The molecule has 2 rings (SSSR count). The van der Waals surface area contributed by atoms with Crippen LogP contribution in [0.3, 0.4) is 0 Å². The summed E-state index contributed by atoms with van der Waals surface area (Å²) in [6, 6.07) is 1.84. The monoisotopic (exact) mass is 161 g/mol. The van der Waals surface area contributed by atoms with Crippen molar-refractivity contribution in [1.29, 1.82) is 0 Å². The second-order valence-electron chi connectivity index (χ2n) is 2.59.